The van der Waals surface area contributed by atoms with E-state index in [0.29, 0.717) is 16.0 Å². The van der Waals surface area contributed by atoms with Crippen LogP contribution in [0.25, 0.3) is 11.0 Å². The number of phenolic OH excluding ortho intramolecular Hbond substituents is 1. The molecule has 1 aromatic heterocycles. The van der Waals surface area contributed by atoms with Crippen LogP contribution in [-0.2, 0) is 4.79 Å². The van der Waals surface area contributed by atoms with Gasteiger partial charge in [-0.25, -0.2) is 4.39 Å². The van der Waals surface area contributed by atoms with Crippen molar-refractivity contribution in [2.75, 3.05) is 4.90 Å². The maximum Gasteiger partial charge on any atom is 0.294 e. The molecule has 3 aromatic carbocycles. The van der Waals surface area contributed by atoms with Crippen LogP contribution < -0.4 is 4.90 Å². The van der Waals surface area contributed by atoms with E-state index in [9.17, 15) is 24.2 Å². The third-order valence-corrected chi connectivity index (χ3v) is 5.73. The molecule has 0 saturated heterocycles. The summed E-state index contributed by atoms with van der Waals surface area (Å²) in [6.07, 6.45) is 0. The van der Waals surface area contributed by atoms with E-state index in [1.165, 1.54) is 36.4 Å². The van der Waals surface area contributed by atoms with Crippen LogP contribution in [0, 0.1) is 5.82 Å². The van der Waals surface area contributed by atoms with Crippen molar-refractivity contribution in [3.8, 4) is 5.75 Å². The number of aliphatic hydroxyl groups is 1. The van der Waals surface area contributed by atoms with Crippen LogP contribution in [0.3, 0.4) is 0 Å². The number of aliphatic hydroxyl groups excluding tert-OH is 1. The van der Waals surface area contributed by atoms with E-state index in [2.05, 4.69) is 0 Å². The van der Waals surface area contributed by atoms with Gasteiger partial charge in [0.15, 0.2) is 11.5 Å². The second-order valence-electron chi connectivity index (χ2n) is 7.47. The van der Waals surface area contributed by atoms with Crippen molar-refractivity contribution < 1.29 is 28.6 Å². The van der Waals surface area contributed by atoms with Crippen LogP contribution in [0.2, 0.25) is 5.02 Å². The Morgan fingerprint density at radius 1 is 1.00 bits per heavy atom. The number of fused-ring (bicyclic) bond motifs is 1. The normalized spacial score (nSPS) is 16.1. The van der Waals surface area contributed by atoms with Crippen LogP contribution in [-0.4, -0.2) is 21.9 Å². The number of benzene rings is 3. The van der Waals surface area contributed by atoms with Crippen LogP contribution in [0.15, 0.2) is 88.5 Å². The van der Waals surface area contributed by atoms with Gasteiger partial charge in [0.25, 0.3) is 5.91 Å². The molecular formula is C25H15ClFNO5. The van der Waals surface area contributed by atoms with Gasteiger partial charge in [0, 0.05) is 16.0 Å². The van der Waals surface area contributed by atoms with E-state index < -0.39 is 29.3 Å². The summed E-state index contributed by atoms with van der Waals surface area (Å²) in [5.41, 5.74) is 0.00724. The molecule has 8 heteroatoms. The minimum Gasteiger partial charge on any atom is -0.506 e. The Kier molecular flexibility index (Phi) is 4.91. The first-order valence-electron chi connectivity index (χ1n) is 9.89. The standard InChI is InChI=1S/C25H15ClFNO5/c26-14-9-10-19-13(11-14)12-20(33-19)23(30)21-22(15-5-1-2-6-16(15)27)28(25(32)24(21)31)17-7-3-4-8-18(17)29/h1-12,22,29,31H. The number of anilines is 1. The van der Waals surface area contributed by atoms with Gasteiger partial charge in [0.05, 0.1) is 17.3 Å². The Hall–Kier alpha value is -4.10. The SMILES string of the molecule is O=C(C1=C(O)C(=O)N(c2ccccc2O)C1c1ccccc1F)c1cc2cc(Cl)ccc2o1. The van der Waals surface area contributed by atoms with Gasteiger partial charge in [0.2, 0.25) is 5.78 Å². The Morgan fingerprint density at radius 2 is 1.73 bits per heavy atom. The molecule has 4 aromatic rings. The van der Waals surface area contributed by atoms with E-state index >= 15 is 0 Å². The van der Waals surface area contributed by atoms with Gasteiger partial charge in [-0.05, 0) is 42.5 Å². The van der Waals surface area contributed by atoms with Crippen molar-refractivity contribution in [1.29, 1.82) is 0 Å². The molecule has 1 atom stereocenters. The lowest BCUT2D eigenvalue weighted by molar-refractivity contribution is -0.117. The highest BCUT2D eigenvalue weighted by Crippen LogP contribution is 2.45. The number of nitrogens with zero attached hydrogens (tertiary/aromatic N) is 1. The molecule has 0 fully saturated rings. The highest BCUT2D eigenvalue weighted by molar-refractivity contribution is 6.31. The smallest absolute Gasteiger partial charge is 0.294 e. The van der Waals surface area contributed by atoms with Gasteiger partial charge in [-0.2, -0.15) is 0 Å². The molecule has 0 bridgehead atoms. The molecular weight excluding hydrogens is 449 g/mol. The maximum atomic E-state index is 14.9. The first-order valence-corrected chi connectivity index (χ1v) is 10.3. The molecule has 5 rings (SSSR count). The average Bonchev–Trinajstić information content (AvgIpc) is 3.33. The minimum absolute atomic E-state index is 0.0153. The van der Waals surface area contributed by atoms with Crippen molar-refractivity contribution in [3.63, 3.8) is 0 Å². The summed E-state index contributed by atoms with van der Waals surface area (Å²) in [5.74, 6) is -3.71. The van der Waals surface area contributed by atoms with Crippen LogP contribution in [0.5, 0.6) is 5.75 Å². The van der Waals surface area contributed by atoms with Crippen LogP contribution in [0.4, 0.5) is 10.1 Å². The lowest BCUT2D eigenvalue weighted by atomic mass is 9.94. The summed E-state index contributed by atoms with van der Waals surface area (Å²) < 4.78 is 20.5. The summed E-state index contributed by atoms with van der Waals surface area (Å²) in [6, 6.07) is 16.4. The number of furan rings is 1. The van der Waals surface area contributed by atoms with Crippen molar-refractivity contribution in [2.45, 2.75) is 6.04 Å². The molecule has 0 radical (unpaired) electrons. The van der Waals surface area contributed by atoms with Crippen molar-refractivity contribution in [2.24, 2.45) is 0 Å². The number of carbonyl (C=O) groups is 2. The first-order chi connectivity index (χ1) is 15.9. The number of amides is 1. The quantitative estimate of drug-likeness (QED) is 0.378. The highest BCUT2D eigenvalue weighted by Gasteiger charge is 2.47. The third kappa shape index (κ3) is 3.34. The Labute approximate surface area is 191 Å². The lowest BCUT2D eigenvalue weighted by Gasteiger charge is -2.27. The zero-order chi connectivity index (χ0) is 23.3. The summed E-state index contributed by atoms with van der Waals surface area (Å²) in [6.45, 7) is 0. The second kappa shape index (κ2) is 7.79. The van der Waals surface area contributed by atoms with E-state index in [0.717, 1.165) is 4.90 Å². The first kappa shape index (κ1) is 20.8. The van der Waals surface area contributed by atoms with E-state index in [-0.39, 0.29) is 28.3 Å². The number of carbonyl (C=O) groups excluding carboxylic acids is 2. The zero-order valence-corrected chi connectivity index (χ0v) is 17.6. The number of hydrogen-bond acceptors (Lipinski definition) is 5. The number of ketones is 1. The fraction of sp³-hybridized carbons (Fsp3) is 0.0400. The molecule has 6 nitrogen and oxygen atoms in total. The fourth-order valence-corrected chi connectivity index (χ4v) is 4.18. The Balaban J connectivity index is 1.70. The third-order valence-electron chi connectivity index (χ3n) is 5.50. The second-order valence-corrected chi connectivity index (χ2v) is 7.91. The molecule has 1 aliphatic rings. The van der Waals surface area contributed by atoms with E-state index in [1.54, 1.807) is 36.4 Å². The van der Waals surface area contributed by atoms with Crippen molar-refractivity contribution in [3.05, 3.63) is 106 Å². The summed E-state index contributed by atoms with van der Waals surface area (Å²) in [5, 5.41) is 22.1. The number of aromatic hydroxyl groups is 1. The maximum absolute atomic E-state index is 14.9. The number of rotatable bonds is 4. The largest absolute Gasteiger partial charge is 0.506 e. The van der Waals surface area contributed by atoms with Gasteiger partial charge in [-0.3, -0.25) is 14.5 Å². The minimum atomic E-state index is -1.34. The molecule has 0 saturated carbocycles. The molecule has 0 spiro atoms. The van der Waals surface area contributed by atoms with Gasteiger partial charge in [-0.15, -0.1) is 0 Å². The summed E-state index contributed by atoms with van der Waals surface area (Å²) in [7, 11) is 0. The van der Waals surface area contributed by atoms with Gasteiger partial charge < -0.3 is 14.6 Å². The highest BCUT2D eigenvalue weighted by atomic mass is 35.5. The average molecular weight is 464 g/mol. The summed E-state index contributed by atoms with van der Waals surface area (Å²) in [4.78, 5) is 27.6. The number of hydrogen-bond donors (Lipinski definition) is 2. The molecule has 1 aliphatic heterocycles. The van der Waals surface area contributed by atoms with E-state index in [1.807, 2.05) is 0 Å². The Morgan fingerprint density at radius 3 is 2.48 bits per heavy atom. The van der Waals surface area contributed by atoms with E-state index in [4.69, 9.17) is 16.0 Å². The molecule has 1 unspecified atom stereocenters. The molecule has 0 aliphatic carbocycles. The number of halogens is 2. The zero-order valence-electron chi connectivity index (χ0n) is 16.8. The predicted octanol–water partition coefficient (Wildman–Crippen LogP) is 5.71. The monoisotopic (exact) mass is 463 g/mol. The molecule has 2 heterocycles. The molecule has 33 heavy (non-hydrogen) atoms. The van der Waals surface area contributed by atoms with Gasteiger partial charge in [0.1, 0.15) is 17.1 Å². The molecule has 2 N–H and O–H groups in total. The summed E-state index contributed by atoms with van der Waals surface area (Å²) >= 11 is 6.01. The molecule has 164 valence electrons. The fourth-order valence-electron chi connectivity index (χ4n) is 4.00. The predicted molar refractivity (Wildman–Crippen MR) is 120 cm³/mol. The van der Waals surface area contributed by atoms with Crippen molar-refractivity contribution in [1.82, 2.24) is 0 Å². The van der Waals surface area contributed by atoms with Gasteiger partial charge >= 0.3 is 0 Å². The topological polar surface area (TPSA) is 91.0 Å². The lowest BCUT2D eigenvalue weighted by Crippen LogP contribution is -2.31. The van der Waals surface area contributed by atoms with Crippen LogP contribution in [0.1, 0.15) is 22.2 Å². The number of Topliss-reactive ketones (excluding diaryl/α,β-unsaturated/α-hetero) is 1. The van der Waals surface area contributed by atoms with Gasteiger partial charge in [-0.1, -0.05) is 41.9 Å². The Bertz CT molecular complexity index is 1470. The number of phenols is 1. The van der Waals surface area contributed by atoms with Crippen LogP contribution >= 0.6 is 11.6 Å². The van der Waals surface area contributed by atoms with Crippen molar-refractivity contribution >= 4 is 39.9 Å². The molecule has 1 amide bonds. The number of para-hydroxylation sites is 2.